The molecular formula is C14H27NO4S. The zero-order valence-corrected chi connectivity index (χ0v) is 13.8. The van der Waals surface area contributed by atoms with Crippen molar-refractivity contribution < 1.29 is 19.0 Å². The van der Waals surface area contributed by atoms with E-state index in [1.165, 1.54) is 0 Å². The van der Waals surface area contributed by atoms with E-state index in [2.05, 4.69) is 18.5 Å². The largest absolute Gasteiger partial charge is 0.450 e. The Kier molecular flexibility index (Phi) is 7.69. The van der Waals surface area contributed by atoms with Crippen LogP contribution in [-0.4, -0.2) is 49.8 Å². The molecule has 20 heavy (non-hydrogen) atoms. The molecule has 1 unspecified atom stereocenters. The number of ether oxygens (including phenoxy) is 3. The number of carbonyl (C=O) groups excluding carboxylic acids is 1. The molecule has 0 aromatic heterocycles. The molecule has 2 atom stereocenters. The average molecular weight is 305 g/mol. The van der Waals surface area contributed by atoms with Gasteiger partial charge >= 0.3 is 6.09 Å². The normalized spacial score (nSPS) is 25.2. The van der Waals surface area contributed by atoms with E-state index in [1.54, 1.807) is 11.8 Å². The van der Waals surface area contributed by atoms with Gasteiger partial charge in [0.15, 0.2) is 5.79 Å². The molecule has 1 heterocycles. The minimum Gasteiger partial charge on any atom is -0.450 e. The fourth-order valence-electron chi connectivity index (χ4n) is 2.01. The lowest BCUT2D eigenvalue weighted by Gasteiger charge is -2.41. The fourth-order valence-corrected chi connectivity index (χ4v) is 2.68. The first-order valence-corrected chi connectivity index (χ1v) is 8.59. The van der Waals surface area contributed by atoms with E-state index in [-0.39, 0.29) is 18.1 Å². The summed E-state index contributed by atoms with van der Waals surface area (Å²) in [6.45, 7) is 7.49. The SMILES string of the molecule is CCCCOC(=O)NCC1COC(C)(C)O[C@H]1CSC. The van der Waals surface area contributed by atoms with Crippen molar-refractivity contribution in [2.45, 2.75) is 45.5 Å². The van der Waals surface area contributed by atoms with Gasteiger partial charge in [0.05, 0.1) is 19.3 Å². The van der Waals surface area contributed by atoms with E-state index in [1.807, 2.05) is 13.8 Å². The molecular weight excluding hydrogens is 278 g/mol. The molecule has 1 N–H and O–H groups in total. The lowest BCUT2D eigenvalue weighted by Crippen LogP contribution is -2.50. The number of hydrogen-bond donors (Lipinski definition) is 1. The van der Waals surface area contributed by atoms with Crippen molar-refractivity contribution in [3.63, 3.8) is 0 Å². The highest BCUT2D eigenvalue weighted by Crippen LogP contribution is 2.27. The Bertz CT molecular complexity index is 299. The second-order valence-electron chi connectivity index (χ2n) is 5.45. The Hall–Kier alpha value is -0.460. The van der Waals surface area contributed by atoms with Gasteiger partial charge in [-0.2, -0.15) is 11.8 Å². The van der Waals surface area contributed by atoms with Crippen molar-refractivity contribution in [3.8, 4) is 0 Å². The lowest BCUT2D eigenvalue weighted by atomic mass is 10.0. The highest BCUT2D eigenvalue weighted by atomic mass is 32.2. The molecule has 1 fully saturated rings. The summed E-state index contributed by atoms with van der Waals surface area (Å²) in [7, 11) is 0. The number of nitrogens with one attached hydrogen (secondary N) is 1. The van der Waals surface area contributed by atoms with Crippen LogP contribution in [0, 0.1) is 5.92 Å². The van der Waals surface area contributed by atoms with Gasteiger partial charge in [-0.25, -0.2) is 4.79 Å². The van der Waals surface area contributed by atoms with E-state index >= 15 is 0 Å². The third-order valence-electron chi connectivity index (χ3n) is 3.18. The second kappa shape index (κ2) is 8.74. The summed E-state index contributed by atoms with van der Waals surface area (Å²) in [6.07, 6.45) is 3.69. The van der Waals surface area contributed by atoms with Crippen LogP contribution in [0.4, 0.5) is 4.79 Å². The van der Waals surface area contributed by atoms with Crippen LogP contribution in [-0.2, 0) is 14.2 Å². The third kappa shape index (κ3) is 6.33. The molecule has 0 spiro atoms. The number of alkyl carbamates (subject to hydrolysis) is 1. The first-order chi connectivity index (χ1) is 9.48. The number of rotatable bonds is 7. The smallest absolute Gasteiger partial charge is 0.407 e. The third-order valence-corrected chi connectivity index (χ3v) is 3.84. The van der Waals surface area contributed by atoms with Crippen LogP contribution < -0.4 is 5.32 Å². The summed E-state index contributed by atoms with van der Waals surface area (Å²) >= 11 is 1.74. The predicted molar refractivity (Wildman–Crippen MR) is 81.0 cm³/mol. The predicted octanol–water partition coefficient (Wildman–Crippen LogP) is 2.64. The van der Waals surface area contributed by atoms with Crippen LogP contribution in [0.15, 0.2) is 0 Å². The van der Waals surface area contributed by atoms with Crippen LogP contribution in [0.3, 0.4) is 0 Å². The molecule has 1 aliphatic rings. The van der Waals surface area contributed by atoms with Gasteiger partial charge in [0.2, 0.25) is 0 Å². The number of thioether (sulfide) groups is 1. The lowest BCUT2D eigenvalue weighted by molar-refractivity contribution is -0.286. The van der Waals surface area contributed by atoms with E-state index in [0.717, 1.165) is 18.6 Å². The summed E-state index contributed by atoms with van der Waals surface area (Å²) in [5, 5.41) is 2.80. The summed E-state index contributed by atoms with van der Waals surface area (Å²) in [6, 6.07) is 0. The monoisotopic (exact) mass is 305 g/mol. The van der Waals surface area contributed by atoms with Gasteiger partial charge in [-0.15, -0.1) is 0 Å². The van der Waals surface area contributed by atoms with Gasteiger partial charge in [0.1, 0.15) is 0 Å². The maximum absolute atomic E-state index is 11.5. The molecule has 1 saturated heterocycles. The minimum atomic E-state index is -0.543. The van der Waals surface area contributed by atoms with Crippen molar-refractivity contribution in [2.75, 3.05) is 31.8 Å². The Balaban J connectivity index is 2.35. The highest BCUT2D eigenvalue weighted by Gasteiger charge is 2.36. The standard InChI is InChI=1S/C14H27NO4S/c1-5-6-7-17-13(16)15-8-11-9-18-14(2,3)19-12(11)10-20-4/h11-12H,5-10H2,1-4H3,(H,15,16)/t11?,12-/m0/s1. The fraction of sp³-hybridized carbons (Fsp3) is 0.929. The maximum atomic E-state index is 11.5. The quantitative estimate of drug-likeness (QED) is 0.733. The Labute approximate surface area is 126 Å². The van der Waals surface area contributed by atoms with Crippen molar-refractivity contribution in [2.24, 2.45) is 5.92 Å². The zero-order chi connectivity index (χ0) is 15.0. The topological polar surface area (TPSA) is 56.8 Å². The molecule has 0 saturated carbocycles. The Morgan fingerprint density at radius 3 is 2.90 bits per heavy atom. The number of unbranched alkanes of at least 4 members (excludes halogenated alkanes) is 1. The van der Waals surface area contributed by atoms with Crippen molar-refractivity contribution >= 4 is 17.9 Å². The van der Waals surface area contributed by atoms with Gasteiger partial charge in [0.25, 0.3) is 0 Å². The average Bonchev–Trinajstić information content (AvgIpc) is 2.38. The maximum Gasteiger partial charge on any atom is 0.407 e. The first-order valence-electron chi connectivity index (χ1n) is 7.20. The molecule has 0 aliphatic carbocycles. The van der Waals surface area contributed by atoms with E-state index in [0.29, 0.717) is 19.8 Å². The molecule has 0 aromatic carbocycles. The van der Waals surface area contributed by atoms with E-state index in [9.17, 15) is 4.79 Å². The Morgan fingerprint density at radius 1 is 1.50 bits per heavy atom. The molecule has 5 nitrogen and oxygen atoms in total. The van der Waals surface area contributed by atoms with Crippen LogP contribution in [0.25, 0.3) is 0 Å². The first kappa shape index (κ1) is 17.6. The molecule has 0 bridgehead atoms. The van der Waals surface area contributed by atoms with Crippen LogP contribution in [0.5, 0.6) is 0 Å². The number of amides is 1. The van der Waals surface area contributed by atoms with Crippen molar-refractivity contribution in [1.82, 2.24) is 5.32 Å². The Morgan fingerprint density at radius 2 is 2.25 bits per heavy atom. The second-order valence-corrected chi connectivity index (χ2v) is 6.36. The highest BCUT2D eigenvalue weighted by molar-refractivity contribution is 7.98. The van der Waals surface area contributed by atoms with Crippen molar-refractivity contribution in [1.29, 1.82) is 0 Å². The summed E-state index contributed by atoms with van der Waals surface area (Å²) in [5.41, 5.74) is 0. The van der Waals surface area contributed by atoms with Gasteiger partial charge < -0.3 is 19.5 Å². The van der Waals surface area contributed by atoms with Gasteiger partial charge in [-0.05, 0) is 26.5 Å². The molecule has 118 valence electrons. The zero-order valence-electron chi connectivity index (χ0n) is 12.9. The number of carbonyl (C=O) groups is 1. The minimum absolute atomic E-state index is 0.0877. The summed E-state index contributed by atoms with van der Waals surface area (Å²) in [5.74, 6) is 0.511. The van der Waals surface area contributed by atoms with Gasteiger partial charge in [-0.1, -0.05) is 13.3 Å². The number of hydrogen-bond acceptors (Lipinski definition) is 5. The van der Waals surface area contributed by atoms with E-state index in [4.69, 9.17) is 14.2 Å². The molecule has 1 aliphatic heterocycles. The van der Waals surface area contributed by atoms with Gasteiger partial charge in [0, 0.05) is 18.2 Å². The van der Waals surface area contributed by atoms with Crippen LogP contribution in [0.2, 0.25) is 0 Å². The van der Waals surface area contributed by atoms with Gasteiger partial charge in [-0.3, -0.25) is 0 Å². The molecule has 1 rings (SSSR count). The molecule has 6 heteroatoms. The van der Waals surface area contributed by atoms with Crippen LogP contribution in [0.1, 0.15) is 33.6 Å². The van der Waals surface area contributed by atoms with Crippen LogP contribution >= 0.6 is 11.8 Å². The molecule has 0 radical (unpaired) electrons. The van der Waals surface area contributed by atoms with E-state index < -0.39 is 5.79 Å². The molecule has 1 amide bonds. The summed E-state index contributed by atoms with van der Waals surface area (Å²) in [4.78, 5) is 11.5. The summed E-state index contributed by atoms with van der Waals surface area (Å²) < 4.78 is 16.7. The molecule has 0 aromatic rings. The van der Waals surface area contributed by atoms with Crippen molar-refractivity contribution in [3.05, 3.63) is 0 Å².